The van der Waals surface area contributed by atoms with Gasteiger partial charge in [0.05, 0.1) is 12.7 Å². The van der Waals surface area contributed by atoms with Crippen molar-refractivity contribution in [2.45, 2.75) is 0 Å². The van der Waals surface area contributed by atoms with E-state index in [-0.39, 0.29) is 11.9 Å². The lowest BCUT2D eigenvalue weighted by Crippen LogP contribution is -2.14. The minimum atomic E-state index is -0.426. The van der Waals surface area contributed by atoms with Crippen LogP contribution in [0, 0.1) is 0 Å². The summed E-state index contributed by atoms with van der Waals surface area (Å²) in [5, 5.41) is 0. The zero-order chi connectivity index (χ0) is 17.4. The van der Waals surface area contributed by atoms with E-state index in [4.69, 9.17) is 11.5 Å². The molecule has 0 aliphatic heterocycles. The number of nitrogens with two attached hydrogens (primary N) is 2. The fourth-order valence-electron chi connectivity index (χ4n) is 1.84. The van der Waals surface area contributed by atoms with E-state index in [9.17, 15) is 9.59 Å². The molecule has 0 spiro atoms. The molecule has 24 heavy (non-hydrogen) atoms. The third kappa shape index (κ3) is 2.56. The first-order chi connectivity index (χ1) is 11.4. The molecule has 0 radical (unpaired) electrons. The van der Waals surface area contributed by atoms with Crippen molar-refractivity contribution in [3.8, 4) is 0 Å². The number of nitrogens with zero attached hydrogens (tertiary/aromatic N) is 6. The zero-order valence-electron chi connectivity index (χ0n) is 11.7. The van der Waals surface area contributed by atoms with Gasteiger partial charge in [-0.25, -0.2) is 17.9 Å². The second kappa shape index (κ2) is 5.89. The second-order valence-corrected chi connectivity index (χ2v) is 5.18. The average molecular weight is 366 g/mol. The summed E-state index contributed by atoms with van der Waals surface area (Å²) in [6.07, 6.45) is 2.78. The minimum absolute atomic E-state index is 0.0305. The van der Waals surface area contributed by atoms with Crippen molar-refractivity contribution in [3.63, 3.8) is 0 Å². The third-order valence-electron chi connectivity index (χ3n) is 2.93. The molecule has 0 aromatic carbocycles. The first kappa shape index (κ1) is 15.9. The van der Waals surface area contributed by atoms with Gasteiger partial charge in [-0.15, -0.1) is 0 Å². The molecule has 124 valence electrons. The van der Waals surface area contributed by atoms with Gasteiger partial charge < -0.3 is 21.4 Å². The number of hydrogen-bond donors (Lipinski definition) is 6. The summed E-state index contributed by atoms with van der Waals surface area (Å²) in [6, 6.07) is 0. The van der Waals surface area contributed by atoms with Gasteiger partial charge in [0, 0.05) is 0 Å². The lowest BCUT2D eigenvalue weighted by molar-refractivity contribution is 1.13. The molecule has 0 unspecified atom stereocenters. The Morgan fingerprint density at radius 2 is 1.21 bits per heavy atom. The number of imidazole rings is 2. The van der Waals surface area contributed by atoms with Crippen LogP contribution < -0.4 is 22.6 Å². The summed E-state index contributed by atoms with van der Waals surface area (Å²) in [7, 11) is 0. The molecule has 4 rings (SSSR count). The number of thiol groups is 2. The first-order valence-corrected chi connectivity index (χ1v) is 7.02. The molecule has 0 aliphatic carbocycles. The SMILES string of the molecule is Nc1nc(=O)c2[nH]cnc2n1S.Nc1nc(=O)c2[nH]cnc2n1S. The van der Waals surface area contributed by atoms with Gasteiger partial charge in [0.1, 0.15) is 0 Å². The van der Waals surface area contributed by atoms with Gasteiger partial charge in [0.25, 0.3) is 0 Å². The highest BCUT2D eigenvalue weighted by atomic mass is 32.1. The maximum absolute atomic E-state index is 11.1. The van der Waals surface area contributed by atoms with Crippen LogP contribution in [-0.2, 0) is 0 Å². The van der Waals surface area contributed by atoms with Crippen LogP contribution >= 0.6 is 25.6 Å². The molecular weight excluding hydrogens is 356 g/mol. The predicted molar refractivity (Wildman–Crippen MR) is 93.9 cm³/mol. The fourth-order valence-corrected chi connectivity index (χ4v) is 2.23. The van der Waals surface area contributed by atoms with E-state index >= 15 is 0 Å². The van der Waals surface area contributed by atoms with Gasteiger partial charge in [-0.05, 0) is 0 Å². The monoisotopic (exact) mass is 366 g/mol. The van der Waals surface area contributed by atoms with E-state index < -0.39 is 11.1 Å². The van der Waals surface area contributed by atoms with Gasteiger partial charge in [-0.2, -0.15) is 9.97 Å². The molecule has 14 heteroatoms. The number of rotatable bonds is 0. The Kier molecular flexibility index (Phi) is 3.90. The highest BCUT2D eigenvalue weighted by molar-refractivity contribution is 7.79. The van der Waals surface area contributed by atoms with E-state index in [0.29, 0.717) is 22.3 Å². The smallest absolute Gasteiger partial charge is 0.300 e. The Bertz CT molecular complexity index is 1060. The van der Waals surface area contributed by atoms with E-state index in [1.165, 1.54) is 20.6 Å². The summed E-state index contributed by atoms with van der Waals surface area (Å²) in [5.41, 5.74) is 11.3. The lowest BCUT2D eigenvalue weighted by atomic mass is 10.5. The molecule has 0 saturated carbocycles. The van der Waals surface area contributed by atoms with Crippen LogP contribution in [-0.4, -0.2) is 37.8 Å². The number of aromatic amines is 2. The van der Waals surface area contributed by atoms with Crippen LogP contribution in [0.25, 0.3) is 22.3 Å². The van der Waals surface area contributed by atoms with Crippen LogP contribution in [0.3, 0.4) is 0 Å². The number of nitrogen functional groups attached to an aromatic ring is 2. The Balaban J connectivity index is 0.000000141. The van der Waals surface area contributed by atoms with Crippen LogP contribution in [0.2, 0.25) is 0 Å². The summed E-state index contributed by atoms with van der Waals surface area (Å²) in [6.45, 7) is 0. The summed E-state index contributed by atoms with van der Waals surface area (Å²) >= 11 is 7.97. The number of anilines is 2. The number of hydrogen-bond acceptors (Lipinski definition) is 10. The van der Waals surface area contributed by atoms with E-state index in [1.807, 2.05) is 0 Å². The van der Waals surface area contributed by atoms with Crippen molar-refractivity contribution in [2.75, 3.05) is 11.5 Å². The fraction of sp³-hybridized carbons (Fsp3) is 0. The quantitative estimate of drug-likeness (QED) is 0.210. The van der Waals surface area contributed by atoms with Crippen molar-refractivity contribution in [3.05, 3.63) is 33.4 Å². The van der Waals surface area contributed by atoms with Crippen LogP contribution in [0.15, 0.2) is 22.2 Å². The molecule has 0 aliphatic rings. The van der Waals surface area contributed by atoms with Crippen molar-refractivity contribution in [2.24, 2.45) is 0 Å². The first-order valence-electron chi connectivity index (χ1n) is 6.22. The Morgan fingerprint density at radius 3 is 1.58 bits per heavy atom. The van der Waals surface area contributed by atoms with Gasteiger partial charge in [-0.1, -0.05) is 25.6 Å². The van der Waals surface area contributed by atoms with Crippen LogP contribution in [0.5, 0.6) is 0 Å². The summed E-state index contributed by atoms with van der Waals surface area (Å²) in [5.74, 6) is 0.0610. The summed E-state index contributed by atoms with van der Waals surface area (Å²) < 4.78 is 2.49. The second-order valence-electron chi connectivity index (χ2n) is 4.38. The maximum Gasteiger partial charge on any atom is 0.300 e. The van der Waals surface area contributed by atoms with Gasteiger partial charge in [0.2, 0.25) is 11.9 Å². The van der Waals surface area contributed by atoms with Crippen molar-refractivity contribution in [1.82, 2.24) is 37.8 Å². The molecule has 0 amide bonds. The minimum Gasteiger partial charge on any atom is -0.368 e. The standard InChI is InChI=1S/2C5H5N5OS/c2*6-5-9-4(11)2-3(10(5)12)8-1-7-2/h2*1,12H,(H,7,8)(H2,6,9,11). The molecule has 0 fully saturated rings. The Labute approximate surface area is 143 Å². The zero-order valence-corrected chi connectivity index (χ0v) is 13.5. The summed E-state index contributed by atoms with van der Waals surface area (Å²) in [4.78, 5) is 42.2. The number of aromatic nitrogens is 8. The molecule has 6 N–H and O–H groups in total. The van der Waals surface area contributed by atoms with Crippen LogP contribution in [0.1, 0.15) is 0 Å². The van der Waals surface area contributed by atoms with E-state index in [1.54, 1.807) is 0 Å². The lowest BCUT2D eigenvalue weighted by Gasteiger charge is -1.99. The highest BCUT2D eigenvalue weighted by Gasteiger charge is 2.08. The van der Waals surface area contributed by atoms with Crippen LogP contribution in [0.4, 0.5) is 11.9 Å². The van der Waals surface area contributed by atoms with E-state index in [0.717, 1.165) is 0 Å². The highest BCUT2D eigenvalue weighted by Crippen LogP contribution is 2.09. The van der Waals surface area contributed by atoms with Gasteiger partial charge in [0.15, 0.2) is 22.3 Å². The number of fused-ring (bicyclic) bond motifs is 2. The molecule has 4 aromatic rings. The van der Waals surface area contributed by atoms with Crippen molar-refractivity contribution in [1.29, 1.82) is 0 Å². The van der Waals surface area contributed by atoms with Gasteiger partial charge in [-0.3, -0.25) is 9.59 Å². The number of nitrogens with one attached hydrogen (secondary N) is 2. The predicted octanol–water partition coefficient (Wildman–Crippen LogP) is -1.21. The molecular formula is C10H10N10O2S2. The van der Waals surface area contributed by atoms with Crippen molar-refractivity contribution >= 4 is 59.9 Å². The molecule has 0 bridgehead atoms. The van der Waals surface area contributed by atoms with Gasteiger partial charge >= 0.3 is 11.1 Å². The molecule has 0 saturated heterocycles. The topological polar surface area (TPSA) is 179 Å². The number of H-pyrrole nitrogens is 2. The molecule has 0 atom stereocenters. The normalized spacial score (nSPS) is 10.8. The third-order valence-corrected chi connectivity index (χ3v) is 3.72. The molecule has 4 aromatic heterocycles. The molecule has 4 heterocycles. The van der Waals surface area contributed by atoms with E-state index in [2.05, 4.69) is 55.5 Å². The average Bonchev–Trinajstić information content (AvgIpc) is 3.20. The maximum atomic E-state index is 11.1. The Morgan fingerprint density at radius 1 is 0.833 bits per heavy atom. The van der Waals surface area contributed by atoms with Crippen molar-refractivity contribution < 1.29 is 0 Å². The largest absolute Gasteiger partial charge is 0.368 e. The Hall–Kier alpha value is -3.00. The molecule has 12 nitrogen and oxygen atoms in total.